The molecule has 1 aliphatic rings. The van der Waals surface area contributed by atoms with Gasteiger partial charge in [0.25, 0.3) is 0 Å². The molecule has 0 radical (unpaired) electrons. The largest absolute Gasteiger partial charge is 0.417 e. The third-order valence-electron chi connectivity index (χ3n) is 6.23. The first kappa shape index (κ1) is 27.5. The summed E-state index contributed by atoms with van der Waals surface area (Å²) in [5.74, 6) is 0.472. The first-order valence-electron chi connectivity index (χ1n) is 11.3. The number of hydrogen-bond acceptors (Lipinski definition) is 5. The molecule has 30 heavy (non-hydrogen) atoms. The molecule has 0 unspecified atom stereocenters. The fourth-order valence-electron chi connectivity index (χ4n) is 3.46. The van der Waals surface area contributed by atoms with Crippen LogP contribution < -0.4 is 0 Å². The fourth-order valence-corrected chi connectivity index (χ4v) is 4.52. The number of aliphatic hydroxyl groups excluding tert-OH is 1. The molecular formula is C24H46O5Si. The Morgan fingerprint density at radius 1 is 1.30 bits per heavy atom. The molecule has 1 aliphatic heterocycles. The number of rotatable bonds is 14. The van der Waals surface area contributed by atoms with E-state index in [2.05, 4.69) is 59.5 Å². The van der Waals surface area contributed by atoms with Crippen molar-refractivity contribution >= 4 is 8.32 Å². The number of ether oxygens (including phenoxy) is 3. The standard InChI is InChI=1S/C24H46O5Si/c1-19(14-20(2)16-23(17-25)27-18-26-6)15-22-11-9-10-21(29-22)12-13-28-30(7,8)24(3,4)5/h9-10,19,21-23,25H,2,11-18H2,1,3-8H3/t19-,21-,22-,23-/m0/s1. The summed E-state index contributed by atoms with van der Waals surface area (Å²) in [6.07, 6.45) is 9.04. The number of aliphatic hydroxyl groups is 1. The van der Waals surface area contributed by atoms with Crippen LogP contribution in [0.1, 0.15) is 59.8 Å². The number of hydrogen-bond donors (Lipinski definition) is 1. The quantitative estimate of drug-likeness (QED) is 0.220. The summed E-state index contributed by atoms with van der Waals surface area (Å²) in [5, 5.41) is 9.67. The lowest BCUT2D eigenvalue weighted by molar-refractivity contribution is -0.0865. The van der Waals surface area contributed by atoms with Crippen LogP contribution in [0.4, 0.5) is 0 Å². The van der Waals surface area contributed by atoms with Gasteiger partial charge >= 0.3 is 0 Å². The Bertz CT molecular complexity index is 526. The molecule has 176 valence electrons. The van der Waals surface area contributed by atoms with Crippen LogP contribution in [0.2, 0.25) is 18.1 Å². The Morgan fingerprint density at radius 3 is 2.60 bits per heavy atom. The van der Waals surface area contributed by atoms with E-state index >= 15 is 0 Å². The maximum atomic E-state index is 9.43. The minimum Gasteiger partial charge on any atom is -0.417 e. The van der Waals surface area contributed by atoms with Gasteiger partial charge < -0.3 is 23.7 Å². The molecule has 0 amide bonds. The van der Waals surface area contributed by atoms with E-state index in [0.29, 0.717) is 12.3 Å². The molecule has 0 bridgehead atoms. The zero-order chi connectivity index (χ0) is 22.8. The van der Waals surface area contributed by atoms with Gasteiger partial charge in [-0.05, 0) is 56.2 Å². The molecule has 0 aromatic carbocycles. The second-order valence-corrected chi connectivity index (χ2v) is 15.0. The van der Waals surface area contributed by atoms with Crippen molar-refractivity contribution in [2.24, 2.45) is 5.92 Å². The van der Waals surface area contributed by atoms with E-state index in [4.69, 9.17) is 18.6 Å². The molecule has 0 aromatic heterocycles. The van der Waals surface area contributed by atoms with Crippen molar-refractivity contribution in [3.63, 3.8) is 0 Å². The average Bonchev–Trinajstić information content (AvgIpc) is 2.64. The first-order valence-corrected chi connectivity index (χ1v) is 14.2. The smallest absolute Gasteiger partial charge is 0.191 e. The van der Waals surface area contributed by atoms with E-state index in [0.717, 1.165) is 37.9 Å². The van der Waals surface area contributed by atoms with Crippen molar-refractivity contribution in [3.8, 4) is 0 Å². The van der Waals surface area contributed by atoms with Crippen molar-refractivity contribution in [1.82, 2.24) is 0 Å². The molecular weight excluding hydrogens is 396 g/mol. The van der Waals surface area contributed by atoms with E-state index in [9.17, 15) is 5.11 Å². The Morgan fingerprint density at radius 2 is 2.00 bits per heavy atom. The van der Waals surface area contributed by atoms with Crippen LogP contribution in [0.3, 0.4) is 0 Å². The predicted octanol–water partition coefficient (Wildman–Crippen LogP) is 5.46. The lowest BCUT2D eigenvalue weighted by atomic mass is 9.92. The molecule has 0 saturated heterocycles. The minimum atomic E-state index is -1.70. The molecule has 0 fully saturated rings. The van der Waals surface area contributed by atoms with Gasteiger partial charge in [-0.3, -0.25) is 0 Å². The zero-order valence-corrected chi connectivity index (χ0v) is 21.4. The highest BCUT2D eigenvalue weighted by Crippen LogP contribution is 2.36. The van der Waals surface area contributed by atoms with E-state index in [-0.39, 0.29) is 36.7 Å². The van der Waals surface area contributed by atoms with Crippen LogP contribution in [0.15, 0.2) is 24.3 Å². The highest BCUT2D eigenvalue weighted by Gasteiger charge is 2.37. The molecule has 6 heteroatoms. The minimum absolute atomic E-state index is 0.0219. The monoisotopic (exact) mass is 442 g/mol. The fraction of sp³-hybridized carbons (Fsp3) is 0.833. The van der Waals surface area contributed by atoms with E-state index in [1.807, 2.05) is 0 Å². The lowest BCUT2D eigenvalue weighted by Gasteiger charge is -2.36. The Hall–Kier alpha value is -0.503. The van der Waals surface area contributed by atoms with Gasteiger partial charge in [0.1, 0.15) is 6.79 Å². The average molecular weight is 443 g/mol. The summed E-state index contributed by atoms with van der Waals surface area (Å²) >= 11 is 0. The molecule has 0 aliphatic carbocycles. The lowest BCUT2D eigenvalue weighted by Crippen LogP contribution is -2.41. The van der Waals surface area contributed by atoms with Gasteiger partial charge in [0.05, 0.1) is 24.9 Å². The second-order valence-electron chi connectivity index (χ2n) is 10.2. The maximum Gasteiger partial charge on any atom is 0.191 e. The van der Waals surface area contributed by atoms with Gasteiger partial charge in [-0.15, -0.1) is 0 Å². The Kier molecular flexibility index (Phi) is 12.1. The molecule has 0 aromatic rings. The summed E-state index contributed by atoms with van der Waals surface area (Å²) in [6.45, 7) is 18.8. The Balaban J connectivity index is 2.37. The van der Waals surface area contributed by atoms with E-state index in [1.54, 1.807) is 7.11 Å². The summed E-state index contributed by atoms with van der Waals surface area (Å²) in [4.78, 5) is 0. The molecule has 1 heterocycles. The zero-order valence-electron chi connectivity index (χ0n) is 20.4. The highest BCUT2D eigenvalue weighted by molar-refractivity contribution is 6.74. The molecule has 4 atom stereocenters. The SMILES string of the molecule is C=C(C[C@H](C)C[C@@H]1CC=C[C@@H](CCO[Si](C)(C)C(C)(C)C)O1)C[C@@H](CO)OCOC. The molecule has 5 nitrogen and oxygen atoms in total. The maximum absolute atomic E-state index is 9.43. The van der Waals surface area contributed by atoms with Crippen molar-refractivity contribution in [1.29, 1.82) is 0 Å². The van der Waals surface area contributed by atoms with Gasteiger partial charge in [0.15, 0.2) is 8.32 Å². The summed E-state index contributed by atoms with van der Waals surface area (Å²) in [6, 6.07) is 0. The van der Waals surface area contributed by atoms with Crippen LogP contribution in [0.5, 0.6) is 0 Å². The summed E-state index contributed by atoms with van der Waals surface area (Å²) < 4.78 is 23.0. The topological polar surface area (TPSA) is 57.2 Å². The molecule has 0 saturated carbocycles. The van der Waals surface area contributed by atoms with Crippen LogP contribution in [-0.2, 0) is 18.6 Å². The van der Waals surface area contributed by atoms with Crippen LogP contribution in [0, 0.1) is 5.92 Å². The van der Waals surface area contributed by atoms with Crippen LogP contribution in [-0.4, -0.2) is 58.9 Å². The normalized spacial score (nSPS) is 22.1. The summed E-state index contributed by atoms with van der Waals surface area (Å²) in [5.41, 5.74) is 1.10. The van der Waals surface area contributed by atoms with Crippen molar-refractivity contribution in [3.05, 3.63) is 24.3 Å². The second kappa shape index (κ2) is 13.1. The molecule has 1 N–H and O–H groups in total. The highest BCUT2D eigenvalue weighted by atomic mass is 28.4. The van der Waals surface area contributed by atoms with Gasteiger partial charge in [-0.1, -0.05) is 52.0 Å². The van der Waals surface area contributed by atoms with Crippen molar-refractivity contribution in [2.45, 2.75) is 96.2 Å². The van der Waals surface area contributed by atoms with E-state index < -0.39 is 8.32 Å². The van der Waals surface area contributed by atoms with Gasteiger partial charge in [-0.2, -0.15) is 0 Å². The molecule has 1 rings (SSSR count). The van der Waals surface area contributed by atoms with Crippen LogP contribution in [0.25, 0.3) is 0 Å². The van der Waals surface area contributed by atoms with E-state index in [1.165, 1.54) is 0 Å². The first-order chi connectivity index (χ1) is 14.0. The van der Waals surface area contributed by atoms with Gasteiger partial charge in [0.2, 0.25) is 0 Å². The van der Waals surface area contributed by atoms with Crippen molar-refractivity contribution in [2.75, 3.05) is 27.1 Å². The van der Waals surface area contributed by atoms with Crippen molar-refractivity contribution < 1.29 is 23.7 Å². The molecule has 0 spiro atoms. The predicted molar refractivity (Wildman–Crippen MR) is 126 cm³/mol. The third kappa shape index (κ3) is 10.2. The number of methoxy groups -OCH3 is 1. The third-order valence-corrected chi connectivity index (χ3v) is 10.8. The Labute approximate surface area is 186 Å². The van der Waals surface area contributed by atoms with Crippen LogP contribution >= 0.6 is 0 Å². The van der Waals surface area contributed by atoms with Gasteiger partial charge in [-0.25, -0.2) is 0 Å². The summed E-state index contributed by atoms with van der Waals surface area (Å²) in [7, 11) is -0.122. The van der Waals surface area contributed by atoms with Gasteiger partial charge in [0, 0.05) is 13.7 Å².